The maximum atomic E-state index is 4.35. The molecule has 18 heavy (non-hydrogen) atoms. The maximum absolute atomic E-state index is 4.35. The maximum Gasteiger partial charge on any atom is 0.132 e. The lowest BCUT2D eigenvalue weighted by molar-refractivity contribution is 0.899. The van der Waals surface area contributed by atoms with Crippen LogP contribution in [-0.2, 0) is 19.3 Å². The van der Waals surface area contributed by atoms with Gasteiger partial charge in [0.25, 0.3) is 0 Å². The molecule has 0 saturated heterocycles. The molecule has 2 aromatic heterocycles. The highest BCUT2D eigenvalue weighted by Gasteiger charge is 2.16. The molecule has 0 amide bonds. The van der Waals surface area contributed by atoms with Crippen molar-refractivity contribution >= 4 is 5.82 Å². The molecule has 0 spiro atoms. The normalized spacial score (nSPS) is 13.3. The fourth-order valence-electron chi connectivity index (χ4n) is 2.39. The van der Waals surface area contributed by atoms with Crippen molar-refractivity contribution in [2.24, 2.45) is 0 Å². The van der Waals surface area contributed by atoms with Gasteiger partial charge in [0, 0.05) is 30.2 Å². The van der Waals surface area contributed by atoms with Gasteiger partial charge in [0.05, 0.1) is 0 Å². The Hall–Kier alpha value is -1.97. The number of aromatic nitrogens is 3. The number of anilines is 1. The van der Waals surface area contributed by atoms with E-state index in [9.17, 15) is 0 Å². The third kappa shape index (κ3) is 2.32. The van der Waals surface area contributed by atoms with Crippen LogP contribution in [0.15, 0.2) is 30.9 Å². The van der Waals surface area contributed by atoms with Crippen LogP contribution in [0.4, 0.5) is 5.82 Å². The minimum Gasteiger partial charge on any atom is -0.369 e. The summed E-state index contributed by atoms with van der Waals surface area (Å²) in [5.41, 5.74) is 3.83. The van der Waals surface area contributed by atoms with Crippen LogP contribution in [0.2, 0.25) is 0 Å². The highest BCUT2D eigenvalue weighted by Crippen LogP contribution is 2.24. The van der Waals surface area contributed by atoms with Crippen molar-refractivity contribution in [2.75, 3.05) is 11.9 Å². The largest absolute Gasteiger partial charge is 0.369 e. The van der Waals surface area contributed by atoms with Crippen molar-refractivity contribution in [1.82, 2.24) is 15.0 Å². The van der Waals surface area contributed by atoms with Gasteiger partial charge in [-0.3, -0.25) is 4.98 Å². The van der Waals surface area contributed by atoms with Crippen molar-refractivity contribution in [1.29, 1.82) is 0 Å². The molecule has 4 nitrogen and oxygen atoms in total. The lowest BCUT2D eigenvalue weighted by atomic mass is 10.2. The first-order valence-corrected chi connectivity index (χ1v) is 6.39. The van der Waals surface area contributed by atoms with Crippen molar-refractivity contribution in [3.8, 4) is 0 Å². The van der Waals surface area contributed by atoms with Gasteiger partial charge in [-0.05, 0) is 43.4 Å². The highest BCUT2D eigenvalue weighted by atomic mass is 15.0. The van der Waals surface area contributed by atoms with E-state index in [1.807, 2.05) is 24.5 Å². The van der Waals surface area contributed by atoms with E-state index in [2.05, 4.69) is 20.3 Å². The Morgan fingerprint density at radius 1 is 1.11 bits per heavy atom. The molecular weight excluding hydrogens is 224 g/mol. The van der Waals surface area contributed by atoms with E-state index in [-0.39, 0.29) is 0 Å². The molecule has 0 unspecified atom stereocenters. The standard InChI is InChI=1S/C14H16N4/c1-2-12-13(3-1)17-10-18-14(12)16-9-6-11-4-7-15-8-5-11/h4-5,7-8,10H,1-3,6,9H2,(H,16,17,18). The second kappa shape index (κ2) is 5.12. The summed E-state index contributed by atoms with van der Waals surface area (Å²) >= 11 is 0. The summed E-state index contributed by atoms with van der Waals surface area (Å²) < 4.78 is 0. The fourth-order valence-corrected chi connectivity index (χ4v) is 2.39. The Balaban J connectivity index is 1.63. The third-order valence-electron chi connectivity index (χ3n) is 3.33. The van der Waals surface area contributed by atoms with Crippen LogP contribution < -0.4 is 5.32 Å². The van der Waals surface area contributed by atoms with Gasteiger partial charge in [-0.1, -0.05) is 0 Å². The molecule has 0 radical (unpaired) electrons. The predicted octanol–water partition coefficient (Wildman–Crippen LogP) is 2.01. The number of pyridine rings is 1. The van der Waals surface area contributed by atoms with E-state index in [1.54, 1.807) is 6.33 Å². The molecule has 0 aliphatic heterocycles. The number of hydrogen-bond acceptors (Lipinski definition) is 4. The number of hydrogen-bond donors (Lipinski definition) is 1. The molecule has 3 rings (SSSR count). The summed E-state index contributed by atoms with van der Waals surface area (Å²) in [5.74, 6) is 1.02. The van der Waals surface area contributed by atoms with Gasteiger partial charge in [-0.2, -0.15) is 0 Å². The highest BCUT2D eigenvalue weighted by molar-refractivity contribution is 5.47. The van der Waals surface area contributed by atoms with Crippen molar-refractivity contribution in [3.63, 3.8) is 0 Å². The van der Waals surface area contributed by atoms with Crippen LogP contribution in [-0.4, -0.2) is 21.5 Å². The Labute approximate surface area is 107 Å². The predicted molar refractivity (Wildman–Crippen MR) is 70.5 cm³/mol. The lowest BCUT2D eigenvalue weighted by Crippen LogP contribution is -2.09. The second-order valence-electron chi connectivity index (χ2n) is 4.53. The molecule has 1 aliphatic carbocycles. The minimum absolute atomic E-state index is 0.896. The van der Waals surface area contributed by atoms with Crippen LogP contribution in [0.5, 0.6) is 0 Å². The van der Waals surface area contributed by atoms with Gasteiger partial charge in [-0.15, -0.1) is 0 Å². The average Bonchev–Trinajstić information content (AvgIpc) is 2.89. The molecular formula is C14H16N4. The number of fused-ring (bicyclic) bond motifs is 1. The van der Waals surface area contributed by atoms with E-state index in [0.717, 1.165) is 31.6 Å². The topological polar surface area (TPSA) is 50.7 Å². The van der Waals surface area contributed by atoms with Crippen molar-refractivity contribution < 1.29 is 0 Å². The SMILES string of the molecule is c1cc(CCNc2ncnc3c2CCC3)ccn1. The summed E-state index contributed by atoms with van der Waals surface area (Å²) in [4.78, 5) is 12.7. The van der Waals surface area contributed by atoms with E-state index < -0.39 is 0 Å². The van der Waals surface area contributed by atoms with E-state index in [1.165, 1.54) is 23.2 Å². The molecule has 2 aromatic rings. The summed E-state index contributed by atoms with van der Waals surface area (Å²) in [6.45, 7) is 0.896. The Kier molecular flexibility index (Phi) is 3.17. The Morgan fingerprint density at radius 2 is 2.00 bits per heavy atom. The monoisotopic (exact) mass is 240 g/mol. The quantitative estimate of drug-likeness (QED) is 0.888. The molecule has 92 valence electrons. The smallest absolute Gasteiger partial charge is 0.132 e. The molecule has 0 bridgehead atoms. The zero-order valence-electron chi connectivity index (χ0n) is 10.3. The molecule has 0 aromatic carbocycles. The summed E-state index contributed by atoms with van der Waals surface area (Å²) in [6, 6.07) is 4.10. The fraction of sp³-hybridized carbons (Fsp3) is 0.357. The zero-order chi connectivity index (χ0) is 12.2. The lowest BCUT2D eigenvalue weighted by Gasteiger charge is -2.09. The molecule has 1 aliphatic rings. The van der Waals surface area contributed by atoms with Crippen LogP contribution in [0.3, 0.4) is 0 Å². The Bertz CT molecular complexity index is 525. The summed E-state index contributed by atoms with van der Waals surface area (Å²) in [6.07, 6.45) is 9.72. The van der Waals surface area contributed by atoms with Crippen LogP contribution in [0.1, 0.15) is 23.2 Å². The van der Waals surface area contributed by atoms with Crippen LogP contribution in [0.25, 0.3) is 0 Å². The average molecular weight is 240 g/mol. The first-order chi connectivity index (χ1) is 8.93. The zero-order valence-corrected chi connectivity index (χ0v) is 10.3. The van der Waals surface area contributed by atoms with Gasteiger partial charge in [0.15, 0.2) is 0 Å². The van der Waals surface area contributed by atoms with Crippen molar-refractivity contribution in [3.05, 3.63) is 47.7 Å². The first kappa shape index (κ1) is 11.1. The molecule has 0 atom stereocenters. The molecule has 4 heteroatoms. The molecule has 2 heterocycles. The molecule has 0 saturated carbocycles. The number of aryl methyl sites for hydroxylation is 1. The van der Waals surface area contributed by atoms with Gasteiger partial charge in [0.1, 0.15) is 12.1 Å². The van der Waals surface area contributed by atoms with E-state index in [4.69, 9.17) is 0 Å². The third-order valence-corrected chi connectivity index (χ3v) is 3.33. The van der Waals surface area contributed by atoms with Gasteiger partial charge in [-0.25, -0.2) is 9.97 Å². The van der Waals surface area contributed by atoms with E-state index >= 15 is 0 Å². The second-order valence-corrected chi connectivity index (χ2v) is 4.53. The van der Waals surface area contributed by atoms with Crippen LogP contribution in [0, 0.1) is 0 Å². The van der Waals surface area contributed by atoms with E-state index in [0.29, 0.717) is 0 Å². The molecule has 0 fully saturated rings. The number of nitrogens with zero attached hydrogens (tertiary/aromatic N) is 3. The Morgan fingerprint density at radius 3 is 2.89 bits per heavy atom. The first-order valence-electron chi connectivity index (χ1n) is 6.39. The van der Waals surface area contributed by atoms with Crippen LogP contribution >= 0.6 is 0 Å². The molecule has 1 N–H and O–H groups in total. The number of rotatable bonds is 4. The van der Waals surface area contributed by atoms with Gasteiger partial charge >= 0.3 is 0 Å². The number of nitrogens with one attached hydrogen (secondary N) is 1. The van der Waals surface area contributed by atoms with Gasteiger partial charge < -0.3 is 5.32 Å². The summed E-state index contributed by atoms with van der Waals surface area (Å²) in [5, 5.41) is 3.42. The van der Waals surface area contributed by atoms with Crippen molar-refractivity contribution in [2.45, 2.75) is 25.7 Å². The van der Waals surface area contributed by atoms with Gasteiger partial charge in [0.2, 0.25) is 0 Å². The minimum atomic E-state index is 0.896. The summed E-state index contributed by atoms with van der Waals surface area (Å²) in [7, 11) is 0.